The SMILES string of the molecule is CCOC(=O)[C@H]1C(=O)NC(N2CCN(C=O)CC2)=N[C@H]1c1cccc(Cl)c1. The second-order valence-corrected chi connectivity index (χ2v) is 6.74. The van der Waals surface area contributed by atoms with E-state index in [1.807, 2.05) is 4.90 Å². The molecule has 0 aliphatic carbocycles. The van der Waals surface area contributed by atoms with Crippen molar-refractivity contribution in [2.75, 3.05) is 32.8 Å². The molecule has 0 aromatic heterocycles. The zero-order chi connectivity index (χ0) is 19.4. The molecule has 2 aliphatic rings. The smallest absolute Gasteiger partial charge is 0.321 e. The minimum Gasteiger partial charge on any atom is -0.465 e. The molecular weight excluding hydrogens is 372 g/mol. The van der Waals surface area contributed by atoms with E-state index < -0.39 is 23.8 Å². The predicted octanol–water partition coefficient (Wildman–Crippen LogP) is 0.820. The van der Waals surface area contributed by atoms with E-state index >= 15 is 0 Å². The second-order valence-electron chi connectivity index (χ2n) is 6.30. The van der Waals surface area contributed by atoms with Crippen LogP contribution in [0.25, 0.3) is 0 Å². The van der Waals surface area contributed by atoms with Gasteiger partial charge in [0.1, 0.15) is 6.04 Å². The molecule has 8 nitrogen and oxygen atoms in total. The first kappa shape index (κ1) is 19.2. The molecule has 9 heteroatoms. The van der Waals surface area contributed by atoms with Gasteiger partial charge in [0.25, 0.3) is 0 Å². The van der Waals surface area contributed by atoms with E-state index in [0.29, 0.717) is 42.7 Å². The van der Waals surface area contributed by atoms with Gasteiger partial charge in [-0.2, -0.15) is 0 Å². The third-order valence-corrected chi connectivity index (χ3v) is 4.82. The van der Waals surface area contributed by atoms with Crippen molar-refractivity contribution in [2.24, 2.45) is 10.9 Å². The molecule has 27 heavy (non-hydrogen) atoms. The number of carbonyl (C=O) groups is 3. The number of halogens is 1. The highest BCUT2D eigenvalue weighted by Crippen LogP contribution is 2.32. The number of guanidine groups is 1. The van der Waals surface area contributed by atoms with Gasteiger partial charge in [0.05, 0.1) is 6.61 Å². The minimum absolute atomic E-state index is 0.176. The van der Waals surface area contributed by atoms with E-state index in [0.717, 1.165) is 6.41 Å². The molecule has 1 saturated heterocycles. The van der Waals surface area contributed by atoms with Crippen LogP contribution in [0, 0.1) is 5.92 Å². The highest BCUT2D eigenvalue weighted by Gasteiger charge is 2.42. The van der Waals surface area contributed by atoms with Crippen molar-refractivity contribution in [3.8, 4) is 0 Å². The predicted molar refractivity (Wildman–Crippen MR) is 99.1 cm³/mol. The Morgan fingerprint density at radius 3 is 2.74 bits per heavy atom. The molecule has 0 bridgehead atoms. The molecule has 0 radical (unpaired) electrons. The molecule has 1 N–H and O–H groups in total. The van der Waals surface area contributed by atoms with Crippen LogP contribution in [0.4, 0.5) is 0 Å². The molecule has 0 unspecified atom stereocenters. The fraction of sp³-hybridized carbons (Fsp3) is 0.444. The molecule has 1 fully saturated rings. The van der Waals surface area contributed by atoms with Gasteiger partial charge in [-0.3, -0.25) is 19.7 Å². The number of aliphatic imine (C=N–C) groups is 1. The summed E-state index contributed by atoms with van der Waals surface area (Å²) in [5.74, 6) is -1.76. The van der Waals surface area contributed by atoms with Crippen LogP contribution in [0.3, 0.4) is 0 Å². The van der Waals surface area contributed by atoms with E-state index in [-0.39, 0.29) is 6.61 Å². The zero-order valence-electron chi connectivity index (χ0n) is 14.9. The first-order valence-electron chi connectivity index (χ1n) is 8.78. The fourth-order valence-electron chi connectivity index (χ4n) is 3.20. The summed E-state index contributed by atoms with van der Waals surface area (Å²) in [5, 5.41) is 3.22. The summed E-state index contributed by atoms with van der Waals surface area (Å²) in [6.07, 6.45) is 0.810. The lowest BCUT2D eigenvalue weighted by atomic mass is 9.91. The van der Waals surface area contributed by atoms with Gasteiger partial charge in [0.2, 0.25) is 18.3 Å². The van der Waals surface area contributed by atoms with Crippen molar-refractivity contribution in [3.63, 3.8) is 0 Å². The summed E-state index contributed by atoms with van der Waals surface area (Å²) in [4.78, 5) is 44.2. The Kier molecular flexibility index (Phi) is 5.95. The molecule has 1 aromatic rings. The molecule has 0 saturated carbocycles. The van der Waals surface area contributed by atoms with E-state index in [9.17, 15) is 14.4 Å². The summed E-state index contributed by atoms with van der Waals surface area (Å²) in [7, 11) is 0. The van der Waals surface area contributed by atoms with E-state index in [1.54, 1.807) is 36.1 Å². The van der Waals surface area contributed by atoms with Crippen LogP contribution in [0.5, 0.6) is 0 Å². The van der Waals surface area contributed by atoms with Crippen molar-refractivity contribution in [1.82, 2.24) is 15.1 Å². The van der Waals surface area contributed by atoms with Gasteiger partial charge in [-0.25, -0.2) is 4.99 Å². The van der Waals surface area contributed by atoms with E-state index in [1.165, 1.54) is 0 Å². The maximum Gasteiger partial charge on any atom is 0.321 e. The van der Waals surface area contributed by atoms with Gasteiger partial charge in [-0.15, -0.1) is 0 Å². The standard InChI is InChI=1S/C18H21ClN4O4/c1-2-27-17(26)14-15(12-4-3-5-13(19)10-12)20-18(21-16(14)25)23-8-6-22(11-24)7-9-23/h3-5,10-11,14-15H,2,6-9H2,1H3,(H,20,21,25)/t14-,15+/m1/s1. The Bertz CT molecular complexity index is 761. The average Bonchev–Trinajstić information content (AvgIpc) is 2.67. The first-order chi connectivity index (χ1) is 13.0. The number of ether oxygens (including phenoxy) is 1. The molecule has 0 spiro atoms. The molecule has 2 heterocycles. The van der Waals surface area contributed by atoms with Crippen molar-refractivity contribution >= 4 is 35.8 Å². The molecule has 2 atom stereocenters. The van der Waals surface area contributed by atoms with Gasteiger partial charge in [-0.1, -0.05) is 23.7 Å². The van der Waals surface area contributed by atoms with Crippen LogP contribution >= 0.6 is 11.6 Å². The van der Waals surface area contributed by atoms with Crippen LogP contribution < -0.4 is 5.32 Å². The van der Waals surface area contributed by atoms with Crippen LogP contribution in [0.15, 0.2) is 29.3 Å². The first-order valence-corrected chi connectivity index (χ1v) is 9.16. The number of piperazine rings is 1. The Labute approximate surface area is 162 Å². The lowest BCUT2D eigenvalue weighted by Crippen LogP contribution is -2.57. The summed E-state index contributed by atoms with van der Waals surface area (Å²) >= 11 is 6.09. The topological polar surface area (TPSA) is 91.3 Å². The monoisotopic (exact) mass is 392 g/mol. The van der Waals surface area contributed by atoms with Crippen LogP contribution in [0.2, 0.25) is 5.02 Å². The average molecular weight is 393 g/mol. The number of benzene rings is 1. The van der Waals surface area contributed by atoms with E-state index in [2.05, 4.69) is 10.3 Å². The van der Waals surface area contributed by atoms with Gasteiger partial charge in [0.15, 0.2) is 5.92 Å². The number of nitrogens with one attached hydrogen (secondary N) is 1. The summed E-state index contributed by atoms with van der Waals surface area (Å²) in [6, 6.07) is 6.23. The Hall–Kier alpha value is -2.61. The fourth-order valence-corrected chi connectivity index (χ4v) is 3.39. The quantitative estimate of drug-likeness (QED) is 0.465. The third kappa shape index (κ3) is 4.21. The lowest BCUT2D eigenvalue weighted by Gasteiger charge is -2.37. The van der Waals surface area contributed by atoms with Crippen LogP contribution in [0.1, 0.15) is 18.5 Å². The number of esters is 1. The van der Waals surface area contributed by atoms with Crippen molar-refractivity contribution in [1.29, 1.82) is 0 Å². The van der Waals surface area contributed by atoms with Crippen LogP contribution in [-0.4, -0.2) is 66.8 Å². The van der Waals surface area contributed by atoms with Crippen molar-refractivity contribution in [2.45, 2.75) is 13.0 Å². The molecule has 144 valence electrons. The summed E-state index contributed by atoms with van der Waals surface area (Å²) in [6.45, 7) is 4.04. The highest BCUT2D eigenvalue weighted by molar-refractivity contribution is 6.30. The second kappa shape index (κ2) is 8.39. The number of nitrogens with zero attached hydrogens (tertiary/aromatic N) is 3. The highest BCUT2D eigenvalue weighted by atomic mass is 35.5. The summed E-state index contributed by atoms with van der Waals surface area (Å²) < 4.78 is 5.08. The molecular formula is C18H21ClN4O4. The normalized spacial score (nSPS) is 22.7. The Morgan fingerprint density at radius 1 is 1.37 bits per heavy atom. The van der Waals surface area contributed by atoms with Crippen LogP contribution in [-0.2, 0) is 19.1 Å². The van der Waals surface area contributed by atoms with Crippen molar-refractivity contribution in [3.05, 3.63) is 34.9 Å². The number of carbonyl (C=O) groups excluding carboxylic acids is 3. The maximum absolute atomic E-state index is 12.7. The zero-order valence-corrected chi connectivity index (χ0v) is 15.7. The number of rotatable bonds is 4. The number of hydrogen-bond acceptors (Lipinski definition) is 6. The largest absolute Gasteiger partial charge is 0.465 e. The number of amides is 2. The maximum atomic E-state index is 12.7. The van der Waals surface area contributed by atoms with E-state index in [4.69, 9.17) is 16.3 Å². The lowest BCUT2D eigenvalue weighted by molar-refractivity contribution is -0.153. The molecule has 1 aromatic carbocycles. The minimum atomic E-state index is -1.08. The van der Waals surface area contributed by atoms with Gasteiger partial charge >= 0.3 is 5.97 Å². The third-order valence-electron chi connectivity index (χ3n) is 4.59. The van der Waals surface area contributed by atoms with Crippen molar-refractivity contribution < 1.29 is 19.1 Å². The Morgan fingerprint density at radius 2 is 2.11 bits per heavy atom. The molecule has 2 amide bonds. The van der Waals surface area contributed by atoms with Gasteiger partial charge < -0.3 is 14.5 Å². The van der Waals surface area contributed by atoms with Gasteiger partial charge in [0, 0.05) is 31.2 Å². The molecule has 3 rings (SSSR count). The molecule has 2 aliphatic heterocycles. The summed E-state index contributed by atoms with van der Waals surface area (Å²) in [5.41, 5.74) is 0.666. The Balaban J connectivity index is 1.92. The van der Waals surface area contributed by atoms with Gasteiger partial charge in [-0.05, 0) is 24.6 Å². The number of hydrogen-bond donors (Lipinski definition) is 1.